The van der Waals surface area contributed by atoms with E-state index in [0.29, 0.717) is 0 Å². The van der Waals surface area contributed by atoms with Crippen LogP contribution in [0.1, 0.15) is 21.1 Å². The molecule has 0 radical (unpaired) electrons. The molecular weight excluding hydrogens is 236 g/mol. The molecule has 0 saturated heterocycles. The van der Waals surface area contributed by atoms with Gasteiger partial charge in [0.05, 0.1) is 15.6 Å². The van der Waals surface area contributed by atoms with Gasteiger partial charge in [0, 0.05) is 23.4 Å². The summed E-state index contributed by atoms with van der Waals surface area (Å²) in [6.45, 7) is 4.04. The van der Waals surface area contributed by atoms with E-state index in [1.165, 1.54) is 17.0 Å². The van der Waals surface area contributed by atoms with Crippen molar-refractivity contribution >= 4 is 17.0 Å². The summed E-state index contributed by atoms with van der Waals surface area (Å²) < 4.78 is 0. The van der Waals surface area contributed by atoms with E-state index in [1.807, 2.05) is 13.8 Å². The van der Waals surface area contributed by atoms with E-state index in [2.05, 4.69) is 4.98 Å². The second-order valence-electron chi connectivity index (χ2n) is 3.85. The number of aryl methyl sites for hydroxylation is 2. The van der Waals surface area contributed by atoms with Crippen molar-refractivity contribution in [2.75, 3.05) is 0 Å². The first kappa shape index (κ1) is 11.7. The summed E-state index contributed by atoms with van der Waals surface area (Å²) in [5.41, 5.74) is 2.23. The Morgan fingerprint density at radius 1 is 1.29 bits per heavy atom. The highest BCUT2D eigenvalue weighted by atomic mass is 32.1. The van der Waals surface area contributed by atoms with Gasteiger partial charge in [0.1, 0.15) is 0 Å². The van der Waals surface area contributed by atoms with Gasteiger partial charge < -0.3 is 0 Å². The Hall–Kier alpha value is -1.75. The molecule has 0 aliphatic rings. The number of non-ortho nitro benzene ring substituents is 1. The van der Waals surface area contributed by atoms with Gasteiger partial charge in [-0.2, -0.15) is 0 Å². The molecule has 0 aliphatic carbocycles. The van der Waals surface area contributed by atoms with Gasteiger partial charge in [-0.05, 0) is 19.4 Å². The average Bonchev–Trinajstić information content (AvgIpc) is 2.58. The summed E-state index contributed by atoms with van der Waals surface area (Å²) in [5, 5.41) is 11.6. The number of nitro groups is 1. The monoisotopic (exact) mass is 248 g/mol. The maximum atomic E-state index is 10.5. The molecule has 1 aromatic heterocycles. The first-order chi connectivity index (χ1) is 8.06. The molecule has 0 unspecified atom stereocenters. The summed E-state index contributed by atoms with van der Waals surface area (Å²) in [6, 6.07) is 6.62. The molecule has 0 atom stereocenters. The van der Waals surface area contributed by atoms with Crippen LogP contribution < -0.4 is 0 Å². The highest BCUT2D eigenvalue weighted by molar-refractivity contribution is 7.11. The highest BCUT2D eigenvalue weighted by Gasteiger charge is 2.07. The summed E-state index contributed by atoms with van der Waals surface area (Å²) >= 11 is 1.67. The maximum Gasteiger partial charge on any atom is 0.269 e. The molecule has 2 aromatic rings. The molecule has 0 amide bonds. The molecule has 5 heteroatoms. The van der Waals surface area contributed by atoms with Gasteiger partial charge in [-0.1, -0.05) is 12.1 Å². The van der Waals surface area contributed by atoms with Crippen molar-refractivity contribution in [1.29, 1.82) is 0 Å². The largest absolute Gasteiger partial charge is 0.269 e. The number of hydrogen-bond donors (Lipinski definition) is 0. The van der Waals surface area contributed by atoms with Crippen molar-refractivity contribution in [3.8, 4) is 0 Å². The lowest BCUT2D eigenvalue weighted by molar-refractivity contribution is -0.384. The van der Waals surface area contributed by atoms with Gasteiger partial charge in [0.25, 0.3) is 5.69 Å². The summed E-state index contributed by atoms with van der Waals surface area (Å²) in [7, 11) is 0. The molecular formula is C12H12N2O2S. The van der Waals surface area contributed by atoms with Crippen LogP contribution in [0, 0.1) is 24.0 Å². The number of rotatable bonds is 3. The van der Waals surface area contributed by atoms with E-state index in [1.54, 1.807) is 23.5 Å². The van der Waals surface area contributed by atoms with Crippen LogP contribution in [-0.4, -0.2) is 9.91 Å². The van der Waals surface area contributed by atoms with E-state index in [9.17, 15) is 10.1 Å². The average molecular weight is 248 g/mol. The van der Waals surface area contributed by atoms with Crippen molar-refractivity contribution in [3.05, 3.63) is 55.5 Å². The second-order valence-corrected chi connectivity index (χ2v) is 5.14. The standard InChI is InChI=1S/C12H12N2O2S/c1-8-9(2)17-12(13-8)7-10-3-5-11(6-4-10)14(15)16/h3-6H,7H2,1-2H3. The number of nitrogens with zero attached hydrogens (tertiary/aromatic N) is 2. The lowest BCUT2D eigenvalue weighted by Gasteiger charge is -1.97. The zero-order chi connectivity index (χ0) is 12.4. The van der Waals surface area contributed by atoms with E-state index in [0.717, 1.165) is 22.7 Å². The fraction of sp³-hybridized carbons (Fsp3) is 0.250. The van der Waals surface area contributed by atoms with Crippen LogP contribution in [0.3, 0.4) is 0 Å². The third-order valence-corrected chi connectivity index (χ3v) is 3.65. The third kappa shape index (κ3) is 2.68. The lowest BCUT2D eigenvalue weighted by Crippen LogP contribution is -1.90. The van der Waals surface area contributed by atoms with Crippen molar-refractivity contribution < 1.29 is 4.92 Å². The van der Waals surface area contributed by atoms with Crippen LogP contribution in [-0.2, 0) is 6.42 Å². The van der Waals surface area contributed by atoms with Crippen LogP contribution in [0.15, 0.2) is 24.3 Å². The van der Waals surface area contributed by atoms with Crippen molar-refractivity contribution in [2.24, 2.45) is 0 Å². The molecule has 0 aliphatic heterocycles. The molecule has 17 heavy (non-hydrogen) atoms. The third-order valence-electron chi connectivity index (χ3n) is 2.58. The first-order valence-electron chi connectivity index (χ1n) is 5.22. The topological polar surface area (TPSA) is 56.0 Å². The normalized spacial score (nSPS) is 10.5. The quantitative estimate of drug-likeness (QED) is 0.618. The zero-order valence-electron chi connectivity index (χ0n) is 9.64. The van der Waals surface area contributed by atoms with E-state index < -0.39 is 0 Å². The zero-order valence-corrected chi connectivity index (χ0v) is 10.5. The highest BCUT2D eigenvalue weighted by Crippen LogP contribution is 2.20. The Balaban J connectivity index is 2.16. The van der Waals surface area contributed by atoms with Gasteiger partial charge in [-0.3, -0.25) is 10.1 Å². The van der Waals surface area contributed by atoms with Gasteiger partial charge in [-0.15, -0.1) is 11.3 Å². The van der Waals surface area contributed by atoms with Crippen LogP contribution in [0.4, 0.5) is 5.69 Å². The molecule has 0 saturated carbocycles. The number of hydrogen-bond acceptors (Lipinski definition) is 4. The Labute approximate surface area is 103 Å². The Kier molecular flexibility index (Phi) is 3.19. The molecule has 1 aromatic carbocycles. The molecule has 2 rings (SSSR count). The Bertz CT molecular complexity index is 527. The summed E-state index contributed by atoms with van der Waals surface area (Å²) in [4.78, 5) is 15.8. The molecule has 1 heterocycles. The smallest absolute Gasteiger partial charge is 0.258 e. The van der Waals surface area contributed by atoms with Crippen LogP contribution in [0.25, 0.3) is 0 Å². The predicted molar refractivity (Wildman–Crippen MR) is 67.5 cm³/mol. The van der Waals surface area contributed by atoms with E-state index >= 15 is 0 Å². The fourth-order valence-corrected chi connectivity index (χ4v) is 2.49. The van der Waals surface area contributed by atoms with Gasteiger partial charge >= 0.3 is 0 Å². The molecule has 0 bridgehead atoms. The Morgan fingerprint density at radius 3 is 2.41 bits per heavy atom. The van der Waals surface area contributed by atoms with E-state index in [4.69, 9.17) is 0 Å². The first-order valence-corrected chi connectivity index (χ1v) is 6.04. The van der Waals surface area contributed by atoms with Crippen molar-refractivity contribution in [1.82, 2.24) is 4.98 Å². The van der Waals surface area contributed by atoms with Gasteiger partial charge in [-0.25, -0.2) is 4.98 Å². The van der Waals surface area contributed by atoms with Crippen LogP contribution in [0.2, 0.25) is 0 Å². The minimum atomic E-state index is -0.387. The number of aromatic nitrogens is 1. The summed E-state index contributed by atoms with van der Waals surface area (Å²) in [5.74, 6) is 0. The number of benzene rings is 1. The predicted octanol–water partition coefficient (Wildman–Crippen LogP) is 3.26. The Morgan fingerprint density at radius 2 is 1.94 bits per heavy atom. The van der Waals surface area contributed by atoms with E-state index in [-0.39, 0.29) is 10.6 Å². The molecule has 0 fully saturated rings. The fourth-order valence-electron chi connectivity index (χ4n) is 1.52. The number of thiazole rings is 1. The lowest BCUT2D eigenvalue weighted by atomic mass is 10.1. The number of nitro benzene ring substituents is 1. The van der Waals surface area contributed by atoms with Crippen LogP contribution in [0.5, 0.6) is 0 Å². The minimum absolute atomic E-state index is 0.125. The summed E-state index contributed by atoms with van der Waals surface area (Å²) in [6.07, 6.45) is 0.733. The maximum absolute atomic E-state index is 10.5. The van der Waals surface area contributed by atoms with Crippen LogP contribution >= 0.6 is 11.3 Å². The van der Waals surface area contributed by atoms with Gasteiger partial charge in [0.2, 0.25) is 0 Å². The molecule has 0 N–H and O–H groups in total. The second kappa shape index (κ2) is 4.63. The molecule has 88 valence electrons. The van der Waals surface area contributed by atoms with Crippen molar-refractivity contribution in [3.63, 3.8) is 0 Å². The van der Waals surface area contributed by atoms with Gasteiger partial charge in [0.15, 0.2) is 0 Å². The molecule has 4 nitrogen and oxygen atoms in total. The van der Waals surface area contributed by atoms with Crippen molar-refractivity contribution in [2.45, 2.75) is 20.3 Å². The SMILES string of the molecule is Cc1nc(Cc2ccc([N+](=O)[O-])cc2)sc1C. The molecule has 0 spiro atoms. The minimum Gasteiger partial charge on any atom is -0.258 e.